The number of hydrogen-bond acceptors (Lipinski definition) is 4. The van der Waals surface area contributed by atoms with E-state index in [1.165, 1.54) is 0 Å². The second-order valence-electron chi connectivity index (χ2n) is 4.33. The van der Waals surface area contributed by atoms with Gasteiger partial charge in [-0.15, -0.1) is 0 Å². The number of β-amino-alcohol motifs (C(OH)–C–C–N with tert-alkyl or cyclic N) is 1. The van der Waals surface area contributed by atoms with Gasteiger partial charge in [0.05, 0.1) is 17.9 Å². The minimum absolute atomic E-state index is 0.209. The Morgan fingerprint density at radius 2 is 2.00 bits per heavy atom. The highest BCUT2D eigenvalue weighted by atomic mass is 79.9. The minimum Gasteiger partial charge on any atom is -0.395 e. The molecule has 1 fully saturated rings. The van der Waals surface area contributed by atoms with E-state index in [9.17, 15) is 0 Å². The third-order valence-corrected chi connectivity index (χ3v) is 3.70. The van der Waals surface area contributed by atoms with Crippen LogP contribution in [0.15, 0.2) is 22.7 Å². The number of aliphatic hydroxyl groups excluding tert-OH is 1. The molecule has 1 heterocycles. The second kappa shape index (κ2) is 6.19. The van der Waals surface area contributed by atoms with E-state index in [1.54, 1.807) is 0 Å². The molecule has 1 saturated heterocycles. The third-order valence-electron chi connectivity index (χ3n) is 3.21. The van der Waals surface area contributed by atoms with Gasteiger partial charge in [0.25, 0.3) is 0 Å². The van der Waals surface area contributed by atoms with Gasteiger partial charge in [0.1, 0.15) is 6.07 Å². The van der Waals surface area contributed by atoms with E-state index >= 15 is 0 Å². The van der Waals surface area contributed by atoms with Gasteiger partial charge < -0.3 is 10.0 Å². The van der Waals surface area contributed by atoms with Crippen molar-refractivity contribution in [1.29, 1.82) is 5.26 Å². The lowest BCUT2D eigenvalue weighted by molar-refractivity contribution is 0.189. The standard InChI is InChI=1S/C13H16BrN3O/c14-12-2-1-11(10-15)13(9-12)17-5-3-16(4-6-17)7-8-18/h1-2,9,18H,3-8H2. The first kappa shape index (κ1) is 13.3. The molecule has 1 N–H and O–H groups in total. The Morgan fingerprint density at radius 3 is 2.61 bits per heavy atom. The summed E-state index contributed by atoms with van der Waals surface area (Å²) in [6.45, 7) is 4.59. The molecule has 0 aliphatic carbocycles. The normalized spacial score (nSPS) is 16.6. The van der Waals surface area contributed by atoms with Crippen LogP contribution in [0.3, 0.4) is 0 Å². The molecule has 96 valence electrons. The van der Waals surface area contributed by atoms with Crippen LogP contribution in [-0.4, -0.2) is 49.3 Å². The zero-order valence-electron chi connectivity index (χ0n) is 10.1. The van der Waals surface area contributed by atoms with E-state index in [2.05, 4.69) is 31.8 Å². The number of rotatable bonds is 3. The number of hydrogen-bond donors (Lipinski definition) is 1. The van der Waals surface area contributed by atoms with Gasteiger partial charge in [-0.1, -0.05) is 15.9 Å². The van der Waals surface area contributed by atoms with Gasteiger partial charge in [-0.3, -0.25) is 4.90 Å². The first-order valence-corrected chi connectivity index (χ1v) is 6.81. The maximum absolute atomic E-state index is 9.14. The quantitative estimate of drug-likeness (QED) is 0.918. The summed E-state index contributed by atoms with van der Waals surface area (Å²) in [4.78, 5) is 4.47. The second-order valence-corrected chi connectivity index (χ2v) is 5.24. The number of aliphatic hydroxyl groups is 1. The molecule has 0 bridgehead atoms. The van der Waals surface area contributed by atoms with Crippen LogP contribution in [0.4, 0.5) is 5.69 Å². The summed E-state index contributed by atoms with van der Waals surface area (Å²) in [5, 5.41) is 18.1. The zero-order valence-corrected chi connectivity index (χ0v) is 11.7. The van der Waals surface area contributed by atoms with Crippen molar-refractivity contribution in [2.24, 2.45) is 0 Å². The molecule has 0 unspecified atom stereocenters. The predicted molar refractivity (Wildman–Crippen MR) is 74.6 cm³/mol. The van der Waals surface area contributed by atoms with Gasteiger partial charge in [-0.25, -0.2) is 0 Å². The van der Waals surface area contributed by atoms with E-state index in [0.29, 0.717) is 5.56 Å². The van der Waals surface area contributed by atoms with Crippen molar-refractivity contribution in [3.8, 4) is 6.07 Å². The fourth-order valence-electron chi connectivity index (χ4n) is 2.21. The van der Waals surface area contributed by atoms with Gasteiger partial charge >= 0.3 is 0 Å². The van der Waals surface area contributed by atoms with Gasteiger partial charge in [-0.2, -0.15) is 5.26 Å². The Labute approximate surface area is 116 Å². The Morgan fingerprint density at radius 1 is 1.28 bits per heavy atom. The summed E-state index contributed by atoms with van der Waals surface area (Å²) < 4.78 is 0.995. The van der Waals surface area contributed by atoms with Gasteiger partial charge in [-0.05, 0) is 18.2 Å². The largest absolute Gasteiger partial charge is 0.395 e. The molecule has 0 radical (unpaired) electrons. The maximum atomic E-state index is 9.14. The molecular weight excluding hydrogens is 294 g/mol. The Kier molecular flexibility index (Phi) is 4.59. The monoisotopic (exact) mass is 309 g/mol. The summed E-state index contributed by atoms with van der Waals surface area (Å²) in [6.07, 6.45) is 0. The predicted octanol–water partition coefficient (Wildman–Crippen LogP) is 1.44. The highest BCUT2D eigenvalue weighted by Gasteiger charge is 2.18. The molecule has 2 rings (SSSR count). The Balaban J connectivity index is 2.10. The Hall–Kier alpha value is -1.09. The van der Waals surface area contributed by atoms with Crippen molar-refractivity contribution in [3.05, 3.63) is 28.2 Å². The van der Waals surface area contributed by atoms with Crippen LogP contribution in [0.2, 0.25) is 0 Å². The molecule has 0 amide bonds. The number of nitriles is 1. The first-order chi connectivity index (χ1) is 8.74. The molecule has 4 nitrogen and oxygen atoms in total. The van der Waals surface area contributed by atoms with E-state index in [-0.39, 0.29) is 6.61 Å². The topological polar surface area (TPSA) is 50.5 Å². The van der Waals surface area contributed by atoms with Crippen LogP contribution >= 0.6 is 15.9 Å². The average Bonchev–Trinajstić information content (AvgIpc) is 2.40. The van der Waals surface area contributed by atoms with Crippen LogP contribution in [0.25, 0.3) is 0 Å². The van der Waals surface area contributed by atoms with Crippen molar-refractivity contribution >= 4 is 21.6 Å². The number of halogens is 1. The molecule has 0 saturated carbocycles. The van der Waals surface area contributed by atoms with Crippen LogP contribution < -0.4 is 4.90 Å². The fraction of sp³-hybridized carbons (Fsp3) is 0.462. The SMILES string of the molecule is N#Cc1ccc(Br)cc1N1CCN(CCO)CC1. The van der Waals surface area contributed by atoms with E-state index in [0.717, 1.165) is 42.9 Å². The van der Waals surface area contributed by atoms with Crippen molar-refractivity contribution in [3.63, 3.8) is 0 Å². The molecule has 1 aliphatic heterocycles. The average molecular weight is 310 g/mol. The smallest absolute Gasteiger partial charge is 0.101 e. The number of nitrogens with zero attached hydrogens (tertiary/aromatic N) is 3. The summed E-state index contributed by atoms with van der Waals surface area (Å²) in [7, 11) is 0. The number of anilines is 1. The first-order valence-electron chi connectivity index (χ1n) is 6.02. The van der Waals surface area contributed by atoms with Crippen molar-refractivity contribution in [1.82, 2.24) is 4.90 Å². The Bertz CT molecular complexity index is 450. The molecular formula is C13H16BrN3O. The van der Waals surface area contributed by atoms with Crippen molar-refractivity contribution < 1.29 is 5.11 Å². The van der Waals surface area contributed by atoms with Crippen LogP contribution in [-0.2, 0) is 0 Å². The molecule has 1 aromatic carbocycles. The van der Waals surface area contributed by atoms with E-state index in [4.69, 9.17) is 10.4 Å². The molecule has 18 heavy (non-hydrogen) atoms. The zero-order chi connectivity index (χ0) is 13.0. The van der Waals surface area contributed by atoms with Gasteiger partial charge in [0.15, 0.2) is 0 Å². The lowest BCUT2D eigenvalue weighted by Gasteiger charge is -2.36. The lowest BCUT2D eigenvalue weighted by atomic mass is 10.1. The third kappa shape index (κ3) is 3.02. The van der Waals surface area contributed by atoms with Crippen molar-refractivity contribution in [2.45, 2.75) is 0 Å². The highest BCUT2D eigenvalue weighted by molar-refractivity contribution is 9.10. The molecule has 0 atom stereocenters. The summed E-state index contributed by atoms with van der Waals surface area (Å²) in [6, 6.07) is 7.98. The molecule has 0 aromatic heterocycles. The molecule has 1 aromatic rings. The van der Waals surface area contributed by atoms with E-state index < -0.39 is 0 Å². The lowest BCUT2D eigenvalue weighted by Crippen LogP contribution is -2.47. The highest BCUT2D eigenvalue weighted by Crippen LogP contribution is 2.25. The van der Waals surface area contributed by atoms with Crippen LogP contribution in [0, 0.1) is 11.3 Å². The summed E-state index contributed by atoms with van der Waals surface area (Å²) in [5.41, 5.74) is 1.71. The number of piperazine rings is 1. The van der Waals surface area contributed by atoms with Gasteiger partial charge in [0.2, 0.25) is 0 Å². The maximum Gasteiger partial charge on any atom is 0.101 e. The molecule has 0 spiro atoms. The molecule has 5 heteroatoms. The van der Waals surface area contributed by atoms with E-state index in [1.807, 2.05) is 18.2 Å². The summed E-state index contributed by atoms with van der Waals surface area (Å²) >= 11 is 3.45. The minimum atomic E-state index is 0.209. The van der Waals surface area contributed by atoms with Crippen molar-refractivity contribution in [2.75, 3.05) is 44.2 Å². The number of benzene rings is 1. The van der Waals surface area contributed by atoms with Crippen LogP contribution in [0.1, 0.15) is 5.56 Å². The molecule has 1 aliphatic rings. The van der Waals surface area contributed by atoms with Gasteiger partial charge in [0, 0.05) is 37.2 Å². The van der Waals surface area contributed by atoms with Crippen LogP contribution in [0.5, 0.6) is 0 Å². The fourth-order valence-corrected chi connectivity index (χ4v) is 2.56. The summed E-state index contributed by atoms with van der Waals surface area (Å²) in [5.74, 6) is 0.